The van der Waals surface area contributed by atoms with E-state index in [1.807, 2.05) is 24.3 Å². The first-order chi connectivity index (χ1) is 7.93. The van der Waals surface area contributed by atoms with Crippen LogP contribution >= 0.6 is 11.5 Å². The van der Waals surface area contributed by atoms with Crippen LogP contribution in [0, 0.1) is 0 Å². The lowest BCUT2D eigenvalue weighted by Crippen LogP contribution is -1.97. The summed E-state index contributed by atoms with van der Waals surface area (Å²) >= 11 is 1.24. The largest absolute Gasteiger partial charge is 0.464 e. The summed E-state index contributed by atoms with van der Waals surface area (Å²) in [6.45, 7) is 0.661. The Morgan fingerprint density at radius 3 is 3.12 bits per heavy atom. The summed E-state index contributed by atoms with van der Waals surface area (Å²) in [5, 5.41) is 12.3. The van der Waals surface area contributed by atoms with Crippen molar-refractivity contribution in [1.82, 2.24) is 14.8 Å². The number of para-hydroxylation sites is 1. The van der Waals surface area contributed by atoms with Gasteiger partial charge in [-0.05, 0) is 11.3 Å². The third-order valence-corrected chi connectivity index (χ3v) is 2.84. The minimum absolute atomic E-state index is 0.661. The van der Waals surface area contributed by atoms with Gasteiger partial charge in [0, 0.05) is 29.0 Å². The molecule has 80 valence electrons. The van der Waals surface area contributed by atoms with Crippen LogP contribution in [0.1, 0.15) is 5.56 Å². The second-order valence-corrected chi connectivity index (χ2v) is 4.01. The fraction of sp³-hybridized carbons (Fsp3) is 0.100. The molecule has 0 bridgehead atoms. The van der Waals surface area contributed by atoms with Gasteiger partial charge in [-0.1, -0.05) is 27.8 Å². The van der Waals surface area contributed by atoms with Crippen molar-refractivity contribution in [3.8, 4) is 0 Å². The zero-order valence-corrected chi connectivity index (χ0v) is 9.07. The van der Waals surface area contributed by atoms with Crippen LogP contribution in [0.4, 0.5) is 5.13 Å². The second-order valence-electron chi connectivity index (χ2n) is 3.28. The third kappa shape index (κ3) is 1.63. The molecule has 3 aromatic rings. The molecule has 0 aliphatic carbocycles. The molecule has 0 saturated carbocycles. The molecule has 3 rings (SSSR count). The summed E-state index contributed by atoms with van der Waals surface area (Å²) in [5.41, 5.74) is 2.00. The summed E-state index contributed by atoms with van der Waals surface area (Å²) < 4.78 is 9.11. The zero-order chi connectivity index (χ0) is 10.8. The highest BCUT2D eigenvalue weighted by Crippen LogP contribution is 2.21. The van der Waals surface area contributed by atoms with Gasteiger partial charge in [-0.2, -0.15) is 0 Å². The lowest BCUT2D eigenvalue weighted by Gasteiger charge is -1.98. The molecule has 0 saturated heterocycles. The van der Waals surface area contributed by atoms with Crippen molar-refractivity contribution in [3.05, 3.63) is 36.1 Å². The first-order valence-corrected chi connectivity index (χ1v) is 5.55. The molecule has 0 aliphatic heterocycles. The highest BCUT2D eigenvalue weighted by molar-refractivity contribution is 7.09. The van der Waals surface area contributed by atoms with Crippen LogP contribution in [0.15, 0.2) is 34.9 Å². The molecule has 0 radical (unpaired) electrons. The lowest BCUT2D eigenvalue weighted by atomic mass is 10.2. The molecule has 1 aromatic carbocycles. The number of aromatic nitrogens is 3. The Morgan fingerprint density at radius 2 is 2.25 bits per heavy atom. The highest BCUT2D eigenvalue weighted by atomic mass is 32.1. The van der Waals surface area contributed by atoms with Gasteiger partial charge in [-0.15, -0.1) is 0 Å². The molecule has 5 nitrogen and oxygen atoms in total. The number of furan rings is 1. The predicted molar refractivity (Wildman–Crippen MR) is 61.2 cm³/mol. The summed E-state index contributed by atoms with van der Waals surface area (Å²) in [6.07, 6.45) is 1.76. The molecule has 0 amide bonds. The zero-order valence-electron chi connectivity index (χ0n) is 8.25. The number of hydrogen-bond acceptors (Lipinski definition) is 6. The van der Waals surface area contributed by atoms with Gasteiger partial charge in [0.05, 0.1) is 6.26 Å². The van der Waals surface area contributed by atoms with E-state index in [0.29, 0.717) is 11.7 Å². The number of anilines is 1. The van der Waals surface area contributed by atoms with Crippen molar-refractivity contribution < 1.29 is 4.42 Å². The summed E-state index contributed by atoms with van der Waals surface area (Å²) in [6, 6.07) is 7.94. The Labute approximate surface area is 95.3 Å². The smallest absolute Gasteiger partial charge is 0.225 e. The van der Waals surface area contributed by atoms with Crippen molar-refractivity contribution in [1.29, 1.82) is 0 Å². The van der Waals surface area contributed by atoms with Gasteiger partial charge >= 0.3 is 0 Å². The van der Waals surface area contributed by atoms with E-state index in [4.69, 9.17) is 4.42 Å². The average Bonchev–Trinajstić information content (AvgIpc) is 2.96. The van der Waals surface area contributed by atoms with E-state index in [9.17, 15) is 0 Å². The highest BCUT2D eigenvalue weighted by Gasteiger charge is 2.05. The number of nitrogens with one attached hydrogen (secondary N) is 1. The maximum atomic E-state index is 5.43. The van der Waals surface area contributed by atoms with Crippen LogP contribution in [-0.4, -0.2) is 14.8 Å². The van der Waals surface area contributed by atoms with Crippen LogP contribution in [-0.2, 0) is 6.54 Å². The van der Waals surface area contributed by atoms with Crippen molar-refractivity contribution in [2.24, 2.45) is 0 Å². The number of rotatable bonds is 3. The van der Waals surface area contributed by atoms with Crippen molar-refractivity contribution in [2.45, 2.75) is 6.54 Å². The van der Waals surface area contributed by atoms with Crippen LogP contribution in [0.25, 0.3) is 11.0 Å². The SMILES string of the molecule is c1ccc2c(CNc3nnns3)coc2c1. The van der Waals surface area contributed by atoms with Crippen LogP contribution in [0.5, 0.6) is 0 Å². The molecule has 0 aliphatic rings. The molecule has 0 atom stereocenters. The molecule has 0 unspecified atom stereocenters. The van der Waals surface area contributed by atoms with Crippen molar-refractivity contribution in [2.75, 3.05) is 5.32 Å². The van der Waals surface area contributed by atoms with Gasteiger partial charge < -0.3 is 9.73 Å². The molecule has 2 aromatic heterocycles. The van der Waals surface area contributed by atoms with Crippen LogP contribution in [0.2, 0.25) is 0 Å². The Morgan fingerprint density at radius 1 is 1.31 bits per heavy atom. The Kier molecular flexibility index (Phi) is 2.26. The fourth-order valence-electron chi connectivity index (χ4n) is 1.54. The molecule has 16 heavy (non-hydrogen) atoms. The van der Waals surface area contributed by atoms with Gasteiger partial charge in [0.25, 0.3) is 0 Å². The second kappa shape index (κ2) is 3.90. The Hall–Kier alpha value is -1.95. The van der Waals surface area contributed by atoms with E-state index < -0.39 is 0 Å². The van der Waals surface area contributed by atoms with Crippen molar-refractivity contribution in [3.63, 3.8) is 0 Å². The van der Waals surface area contributed by atoms with Gasteiger partial charge in [-0.25, -0.2) is 0 Å². The van der Waals surface area contributed by atoms with E-state index in [0.717, 1.165) is 16.5 Å². The Balaban J connectivity index is 1.84. The van der Waals surface area contributed by atoms with Gasteiger partial charge in [0.1, 0.15) is 5.58 Å². The Bertz CT molecular complexity index is 590. The van der Waals surface area contributed by atoms with Gasteiger partial charge in [0.2, 0.25) is 5.13 Å². The number of fused-ring (bicyclic) bond motifs is 1. The predicted octanol–water partition coefficient (Wildman–Crippen LogP) is 2.29. The average molecular weight is 232 g/mol. The van der Waals surface area contributed by atoms with Gasteiger partial charge in [0.15, 0.2) is 0 Å². The summed E-state index contributed by atoms with van der Waals surface area (Å²) in [5.74, 6) is 0. The first-order valence-electron chi connectivity index (χ1n) is 4.77. The quantitative estimate of drug-likeness (QED) is 0.750. The lowest BCUT2D eigenvalue weighted by molar-refractivity contribution is 0.611. The summed E-state index contributed by atoms with van der Waals surface area (Å²) in [4.78, 5) is 0. The van der Waals surface area contributed by atoms with Crippen LogP contribution in [0.3, 0.4) is 0 Å². The number of hydrogen-bond donors (Lipinski definition) is 1. The van der Waals surface area contributed by atoms with Crippen molar-refractivity contribution >= 4 is 27.6 Å². The molecule has 2 heterocycles. The maximum absolute atomic E-state index is 5.43. The van der Waals surface area contributed by atoms with Crippen LogP contribution < -0.4 is 5.32 Å². The molecular formula is C10H8N4OS. The number of nitrogens with zero attached hydrogens (tertiary/aromatic N) is 3. The van der Waals surface area contributed by atoms with E-state index in [2.05, 4.69) is 20.1 Å². The number of benzene rings is 1. The first kappa shape index (κ1) is 9.29. The standard InChI is InChI=1S/C10H8N4OS/c1-2-4-9-8(3-1)7(6-15-9)5-11-10-12-13-14-16-10/h1-4,6H,5H2,(H,11,12,14). The fourth-order valence-corrected chi connectivity index (χ4v) is 1.90. The van der Waals surface area contributed by atoms with Gasteiger partial charge in [-0.3, -0.25) is 0 Å². The molecule has 1 N–H and O–H groups in total. The molecular weight excluding hydrogens is 224 g/mol. The van der Waals surface area contributed by atoms with E-state index in [1.54, 1.807) is 6.26 Å². The molecule has 0 fully saturated rings. The minimum Gasteiger partial charge on any atom is -0.464 e. The topological polar surface area (TPSA) is 63.8 Å². The summed E-state index contributed by atoms with van der Waals surface area (Å²) in [7, 11) is 0. The van der Waals surface area contributed by atoms with E-state index >= 15 is 0 Å². The normalized spacial score (nSPS) is 10.8. The van der Waals surface area contributed by atoms with E-state index in [-0.39, 0.29) is 0 Å². The minimum atomic E-state index is 0.661. The van der Waals surface area contributed by atoms with E-state index in [1.165, 1.54) is 11.5 Å². The molecule has 0 spiro atoms. The third-order valence-electron chi connectivity index (χ3n) is 2.29. The monoisotopic (exact) mass is 232 g/mol. The maximum Gasteiger partial charge on any atom is 0.225 e. The molecule has 6 heteroatoms.